The molecule has 1 aliphatic heterocycles. The molecule has 1 N–H and O–H groups in total. The zero-order valence-corrected chi connectivity index (χ0v) is 14.9. The topological polar surface area (TPSA) is 52.7 Å². The number of carbonyl (C=O) groups is 2. The molecule has 0 radical (unpaired) electrons. The molecule has 0 atom stereocenters. The number of piperazine rings is 1. The van der Waals surface area contributed by atoms with E-state index in [4.69, 9.17) is 0 Å². The Kier molecular flexibility index (Phi) is 6.39. The van der Waals surface area contributed by atoms with Crippen molar-refractivity contribution in [3.63, 3.8) is 0 Å². The number of nitrogens with one attached hydrogen (secondary N) is 1. The number of amides is 2. The molecule has 5 heteroatoms. The lowest BCUT2D eigenvalue weighted by molar-refractivity contribution is -0.134. The van der Waals surface area contributed by atoms with Gasteiger partial charge >= 0.3 is 0 Å². The van der Waals surface area contributed by atoms with Gasteiger partial charge in [-0.3, -0.25) is 14.5 Å². The van der Waals surface area contributed by atoms with E-state index in [1.165, 1.54) is 5.56 Å². The summed E-state index contributed by atoms with van der Waals surface area (Å²) in [6, 6.07) is 20.2. The summed E-state index contributed by atoms with van der Waals surface area (Å²) in [5.41, 5.74) is 2.33. The molecule has 0 saturated carbocycles. The van der Waals surface area contributed by atoms with Crippen LogP contribution in [0.5, 0.6) is 0 Å². The predicted molar refractivity (Wildman–Crippen MR) is 101 cm³/mol. The summed E-state index contributed by atoms with van der Waals surface area (Å²) in [6.45, 7) is 3.16. The predicted octanol–water partition coefficient (Wildman–Crippen LogP) is 1.69. The van der Waals surface area contributed by atoms with Crippen molar-refractivity contribution < 1.29 is 9.59 Å². The third kappa shape index (κ3) is 5.43. The van der Waals surface area contributed by atoms with Crippen molar-refractivity contribution >= 4 is 11.8 Å². The van der Waals surface area contributed by atoms with Crippen LogP contribution in [0.3, 0.4) is 0 Å². The molecule has 1 fully saturated rings. The summed E-state index contributed by atoms with van der Waals surface area (Å²) in [6.07, 6.45) is 0.819. The summed E-state index contributed by atoms with van der Waals surface area (Å²) >= 11 is 0. The Labute approximate surface area is 154 Å². The van der Waals surface area contributed by atoms with E-state index in [-0.39, 0.29) is 18.4 Å². The maximum atomic E-state index is 12.9. The smallest absolute Gasteiger partial charge is 0.237 e. The third-order valence-electron chi connectivity index (χ3n) is 4.56. The van der Waals surface area contributed by atoms with E-state index in [2.05, 4.69) is 17.4 Å². The van der Waals surface area contributed by atoms with Gasteiger partial charge in [-0.2, -0.15) is 0 Å². The quantitative estimate of drug-likeness (QED) is 0.826. The van der Waals surface area contributed by atoms with Crippen molar-refractivity contribution in [1.29, 1.82) is 0 Å². The number of rotatable bonds is 7. The maximum Gasteiger partial charge on any atom is 0.237 e. The molecule has 136 valence electrons. The molecular formula is C21H25N3O2. The first kappa shape index (κ1) is 18.1. The van der Waals surface area contributed by atoms with Crippen LogP contribution < -0.4 is 5.32 Å². The van der Waals surface area contributed by atoms with Gasteiger partial charge in [0.05, 0.1) is 13.1 Å². The highest BCUT2D eigenvalue weighted by Gasteiger charge is 2.22. The largest absolute Gasteiger partial charge is 0.354 e. The van der Waals surface area contributed by atoms with Crippen molar-refractivity contribution in [2.75, 3.05) is 32.7 Å². The second-order valence-electron chi connectivity index (χ2n) is 6.60. The van der Waals surface area contributed by atoms with Gasteiger partial charge in [0, 0.05) is 26.2 Å². The Balaban J connectivity index is 1.64. The van der Waals surface area contributed by atoms with Gasteiger partial charge in [0.25, 0.3) is 0 Å². The van der Waals surface area contributed by atoms with Crippen LogP contribution in [0.15, 0.2) is 60.7 Å². The van der Waals surface area contributed by atoms with E-state index >= 15 is 0 Å². The molecule has 5 nitrogen and oxygen atoms in total. The summed E-state index contributed by atoms with van der Waals surface area (Å²) in [4.78, 5) is 28.3. The molecule has 0 spiro atoms. The van der Waals surface area contributed by atoms with Crippen LogP contribution >= 0.6 is 0 Å². The van der Waals surface area contributed by atoms with Gasteiger partial charge in [-0.05, 0) is 17.5 Å². The van der Waals surface area contributed by atoms with Crippen LogP contribution in [0.25, 0.3) is 0 Å². The van der Waals surface area contributed by atoms with E-state index in [0.29, 0.717) is 26.2 Å². The minimum atomic E-state index is -0.0112. The Morgan fingerprint density at radius 2 is 1.65 bits per heavy atom. The van der Waals surface area contributed by atoms with E-state index in [1.807, 2.05) is 58.3 Å². The summed E-state index contributed by atoms with van der Waals surface area (Å²) in [7, 11) is 0. The number of nitrogens with zero attached hydrogens (tertiary/aromatic N) is 2. The summed E-state index contributed by atoms with van der Waals surface area (Å²) in [5.74, 6) is 0.0578. The van der Waals surface area contributed by atoms with Crippen molar-refractivity contribution in [2.24, 2.45) is 0 Å². The summed E-state index contributed by atoms with van der Waals surface area (Å²) < 4.78 is 0. The lowest BCUT2D eigenvalue weighted by atomic mass is 10.1. The zero-order chi connectivity index (χ0) is 18.2. The minimum Gasteiger partial charge on any atom is -0.354 e. The first-order valence-electron chi connectivity index (χ1n) is 9.05. The summed E-state index contributed by atoms with van der Waals surface area (Å²) in [5, 5.41) is 2.80. The second-order valence-corrected chi connectivity index (χ2v) is 6.60. The molecule has 26 heavy (non-hydrogen) atoms. The molecule has 0 aromatic heterocycles. The molecule has 0 unspecified atom stereocenters. The number of benzene rings is 2. The minimum absolute atomic E-state index is 0.0112. The number of hydrogen-bond acceptors (Lipinski definition) is 3. The Hall–Kier alpha value is -2.66. The van der Waals surface area contributed by atoms with Crippen LogP contribution in [-0.2, 0) is 22.6 Å². The third-order valence-corrected chi connectivity index (χ3v) is 4.56. The van der Waals surface area contributed by atoms with E-state index in [0.717, 1.165) is 18.5 Å². The zero-order valence-electron chi connectivity index (χ0n) is 14.9. The molecule has 1 heterocycles. The van der Waals surface area contributed by atoms with Crippen LogP contribution in [-0.4, -0.2) is 54.3 Å². The highest BCUT2D eigenvalue weighted by atomic mass is 16.2. The van der Waals surface area contributed by atoms with Gasteiger partial charge in [0.1, 0.15) is 0 Å². The second kappa shape index (κ2) is 9.15. The van der Waals surface area contributed by atoms with Crippen molar-refractivity contribution in [3.8, 4) is 0 Å². The van der Waals surface area contributed by atoms with Gasteiger partial charge in [0.15, 0.2) is 0 Å². The Morgan fingerprint density at radius 3 is 2.31 bits per heavy atom. The molecule has 1 aliphatic rings. The number of carbonyl (C=O) groups excluding carboxylic acids is 2. The fourth-order valence-electron chi connectivity index (χ4n) is 3.12. The first-order valence-corrected chi connectivity index (χ1v) is 9.05. The lowest BCUT2D eigenvalue weighted by Gasteiger charge is -2.29. The average Bonchev–Trinajstić information content (AvgIpc) is 2.66. The Bertz CT molecular complexity index is 719. The van der Waals surface area contributed by atoms with Crippen LogP contribution in [0, 0.1) is 0 Å². The highest BCUT2D eigenvalue weighted by Crippen LogP contribution is 2.09. The molecule has 2 aromatic rings. The molecular weight excluding hydrogens is 326 g/mol. The van der Waals surface area contributed by atoms with Crippen molar-refractivity contribution in [2.45, 2.75) is 13.0 Å². The van der Waals surface area contributed by atoms with Gasteiger partial charge in [-0.1, -0.05) is 60.7 Å². The SMILES string of the molecule is O=C1CN(CC(=O)N(CCc2ccccc2)Cc2ccccc2)CCN1. The maximum absolute atomic E-state index is 12.9. The normalized spacial score (nSPS) is 14.7. The monoisotopic (exact) mass is 351 g/mol. The molecule has 0 bridgehead atoms. The van der Waals surface area contributed by atoms with Gasteiger partial charge in [-0.15, -0.1) is 0 Å². The van der Waals surface area contributed by atoms with E-state index in [9.17, 15) is 9.59 Å². The van der Waals surface area contributed by atoms with Crippen LogP contribution in [0.1, 0.15) is 11.1 Å². The van der Waals surface area contributed by atoms with E-state index in [1.54, 1.807) is 0 Å². The molecule has 3 rings (SSSR count). The molecule has 2 amide bonds. The molecule has 0 aliphatic carbocycles. The van der Waals surface area contributed by atoms with Crippen LogP contribution in [0.2, 0.25) is 0 Å². The Morgan fingerprint density at radius 1 is 1.00 bits per heavy atom. The number of hydrogen-bond donors (Lipinski definition) is 1. The lowest BCUT2D eigenvalue weighted by Crippen LogP contribution is -2.51. The highest BCUT2D eigenvalue weighted by molar-refractivity contribution is 5.81. The van der Waals surface area contributed by atoms with Gasteiger partial charge < -0.3 is 10.2 Å². The van der Waals surface area contributed by atoms with Crippen molar-refractivity contribution in [1.82, 2.24) is 15.1 Å². The van der Waals surface area contributed by atoms with Crippen LogP contribution in [0.4, 0.5) is 0 Å². The standard InChI is InChI=1S/C21H25N3O2/c25-20-16-23(14-12-22-20)17-21(26)24(15-19-9-5-2-6-10-19)13-11-18-7-3-1-4-8-18/h1-10H,11-17H2,(H,22,25). The van der Waals surface area contributed by atoms with Gasteiger partial charge in [0.2, 0.25) is 11.8 Å². The first-order chi connectivity index (χ1) is 12.7. The fraction of sp³-hybridized carbons (Fsp3) is 0.333. The van der Waals surface area contributed by atoms with E-state index < -0.39 is 0 Å². The molecule has 2 aromatic carbocycles. The fourth-order valence-corrected chi connectivity index (χ4v) is 3.12. The molecule has 1 saturated heterocycles. The average molecular weight is 351 g/mol. The van der Waals surface area contributed by atoms with Crippen molar-refractivity contribution in [3.05, 3.63) is 71.8 Å². The van der Waals surface area contributed by atoms with Gasteiger partial charge in [-0.25, -0.2) is 0 Å².